The molecular formula is C12H16BrNO. The molecule has 0 aliphatic heterocycles. The Hall–Kier alpha value is -0.800. The Morgan fingerprint density at radius 2 is 2.33 bits per heavy atom. The topological polar surface area (TPSA) is 35.2 Å². The van der Waals surface area contributed by atoms with Crippen molar-refractivity contribution in [2.75, 3.05) is 6.54 Å². The summed E-state index contributed by atoms with van der Waals surface area (Å²) in [5.41, 5.74) is 6.70. The first kappa shape index (κ1) is 12.3. The number of ether oxygens (including phenoxy) is 1. The molecule has 2 nitrogen and oxygen atoms in total. The van der Waals surface area contributed by atoms with Crippen LogP contribution in [0.2, 0.25) is 0 Å². The van der Waals surface area contributed by atoms with Crippen molar-refractivity contribution < 1.29 is 4.74 Å². The average molecular weight is 270 g/mol. The molecule has 0 saturated carbocycles. The average Bonchev–Trinajstić information content (AvgIpc) is 2.22. The number of nitrogens with two attached hydrogens (primary N) is 1. The Bertz CT molecular complexity index is 338. The standard InChI is InChI=1S/C12H16BrNO/c1-3-9(2)15-12-5-4-10(6-7-14)8-11(12)13/h3-5,8-9H,1,6-7,14H2,2H3. The molecule has 0 heterocycles. The van der Waals surface area contributed by atoms with E-state index in [2.05, 4.69) is 22.5 Å². The van der Waals surface area contributed by atoms with Crippen LogP contribution in [0.25, 0.3) is 0 Å². The Labute approximate surface area is 99.3 Å². The Kier molecular flexibility index (Phi) is 4.85. The van der Waals surface area contributed by atoms with Gasteiger partial charge in [0.1, 0.15) is 11.9 Å². The van der Waals surface area contributed by atoms with Gasteiger partial charge in [-0.25, -0.2) is 0 Å². The summed E-state index contributed by atoms with van der Waals surface area (Å²) in [5.74, 6) is 0.836. The molecule has 1 rings (SSSR count). The predicted octanol–water partition coefficient (Wildman–Crippen LogP) is 2.90. The minimum absolute atomic E-state index is 0.0154. The summed E-state index contributed by atoms with van der Waals surface area (Å²) < 4.78 is 6.59. The molecule has 2 N–H and O–H groups in total. The third kappa shape index (κ3) is 3.68. The van der Waals surface area contributed by atoms with Crippen LogP contribution in [-0.2, 0) is 6.42 Å². The van der Waals surface area contributed by atoms with E-state index in [-0.39, 0.29) is 6.10 Å². The van der Waals surface area contributed by atoms with Crippen molar-refractivity contribution in [3.05, 3.63) is 40.9 Å². The molecule has 1 aromatic rings. The van der Waals surface area contributed by atoms with Gasteiger partial charge in [0.2, 0.25) is 0 Å². The lowest BCUT2D eigenvalue weighted by Gasteiger charge is -2.12. The van der Waals surface area contributed by atoms with Gasteiger partial charge in [0, 0.05) is 0 Å². The van der Waals surface area contributed by atoms with Crippen molar-refractivity contribution in [2.45, 2.75) is 19.4 Å². The molecule has 1 unspecified atom stereocenters. The lowest BCUT2D eigenvalue weighted by Crippen LogP contribution is -2.08. The van der Waals surface area contributed by atoms with Crippen LogP contribution in [0.15, 0.2) is 35.3 Å². The van der Waals surface area contributed by atoms with Gasteiger partial charge in [-0.3, -0.25) is 0 Å². The van der Waals surface area contributed by atoms with Gasteiger partial charge < -0.3 is 10.5 Å². The highest BCUT2D eigenvalue weighted by atomic mass is 79.9. The van der Waals surface area contributed by atoms with Crippen LogP contribution in [0.3, 0.4) is 0 Å². The van der Waals surface area contributed by atoms with Crippen LogP contribution in [0.5, 0.6) is 5.75 Å². The minimum Gasteiger partial charge on any atom is -0.485 e. The number of hydrogen-bond donors (Lipinski definition) is 1. The molecule has 1 aromatic carbocycles. The molecule has 0 radical (unpaired) electrons. The van der Waals surface area contributed by atoms with Gasteiger partial charge in [0.15, 0.2) is 0 Å². The quantitative estimate of drug-likeness (QED) is 0.835. The highest BCUT2D eigenvalue weighted by Crippen LogP contribution is 2.27. The lowest BCUT2D eigenvalue weighted by atomic mass is 10.1. The Morgan fingerprint density at radius 3 is 2.87 bits per heavy atom. The highest BCUT2D eigenvalue weighted by Gasteiger charge is 2.04. The number of rotatable bonds is 5. The maximum absolute atomic E-state index is 5.63. The van der Waals surface area contributed by atoms with Crippen molar-refractivity contribution in [3.63, 3.8) is 0 Å². The Balaban J connectivity index is 2.78. The first-order chi connectivity index (χ1) is 7.17. The van der Waals surface area contributed by atoms with Gasteiger partial charge in [-0.2, -0.15) is 0 Å². The molecule has 0 aliphatic rings. The summed E-state index contributed by atoms with van der Waals surface area (Å²) in [6.45, 7) is 6.29. The second kappa shape index (κ2) is 5.93. The molecule has 0 amide bonds. The molecule has 15 heavy (non-hydrogen) atoms. The van der Waals surface area contributed by atoms with E-state index in [1.54, 1.807) is 6.08 Å². The zero-order chi connectivity index (χ0) is 11.3. The van der Waals surface area contributed by atoms with Gasteiger partial charge in [-0.15, -0.1) is 0 Å². The molecular weight excluding hydrogens is 254 g/mol. The smallest absolute Gasteiger partial charge is 0.134 e. The van der Waals surface area contributed by atoms with E-state index in [9.17, 15) is 0 Å². The molecule has 0 aliphatic carbocycles. The summed E-state index contributed by atoms with van der Waals surface area (Å²) in [6.07, 6.45) is 2.66. The van der Waals surface area contributed by atoms with E-state index in [4.69, 9.17) is 10.5 Å². The van der Waals surface area contributed by atoms with E-state index in [1.165, 1.54) is 5.56 Å². The molecule has 0 aromatic heterocycles. The monoisotopic (exact) mass is 269 g/mol. The maximum Gasteiger partial charge on any atom is 0.134 e. The van der Waals surface area contributed by atoms with Crippen LogP contribution in [-0.4, -0.2) is 12.6 Å². The largest absolute Gasteiger partial charge is 0.485 e. The maximum atomic E-state index is 5.63. The number of halogens is 1. The summed E-state index contributed by atoms with van der Waals surface area (Å²) >= 11 is 3.47. The fraction of sp³-hybridized carbons (Fsp3) is 0.333. The zero-order valence-electron chi connectivity index (χ0n) is 8.87. The molecule has 82 valence electrons. The van der Waals surface area contributed by atoms with Crippen molar-refractivity contribution in [2.24, 2.45) is 5.73 Å². The number of benzene rings is 1. The van der Waals surface area contributed by atoms with Gasteiger partial charge in [-0.1, -0.05) is 18.7 Å². The normalized spacial score (nSPS) is 12.2. The van der Waals surface area contributed by atoms with Crippen LogP contribution >= 0.6 is 15.9 Å². The van der Waals surface area contributed by atoms with Crippen molar-refractivity contribution in [1.29, 1.82) is 0 Å². The lowest BCUT2D eigenvalue weighted by molar-refractivity contribution is 0.268. The van der Waals surface area contributed by atoms with Crippen molar-refractivity contribution in [1.82, 2.24) is 0 Å². The second-order valence-corrected chi connectivity index (χ2v) is 4.22. The van der Waals surface area contributed by atoms with Crippen LogP contribution in [0.1, 0.15) is 12.5 Å². The highest BCUT2D eigenvalue weighted by molar-refractivity contribution is 9.10. The van der Waals surface area contributed by atoms with Gasteiger partial charge >= 0.3 is 0 Å². The molecule has 0 bridgehead atoms. The molecule has 0 fully saturated rings. The van der Waals surface area contributed by atoms with Crippen molar-refractivity contribution in [3.8, 4) is 5.75 Å². The summed E-state index contributed by atoms with van der Waals surface area (Å²) in [5, 5.41) is 0. The third-order valence-electron chi connectivity index (χ3n) is 2.07. The van der Waals surface area contributed by atoms with Gasteiger partial charge in [0.25, 0.3) is 0 Å². The van der Waals surface area contributed by atoms with Gasteiger partial charge in [-0.05, 0) is 53.5 Å². The zero-order valence-corrected chi connectivity index (χ0v) is 10.5. The molecule has 1 atom stereocenters. The van der Waals surface area contributed by atoms with Crippen LogP contribution < -0.4 is 10.5 Å². The molecule has 0 spiro atoms. The second-order valence-electron chi connectivity index (χ2n) is 3.36. The van der Waals surface area contributed by atoms with E-state index in [0.29, 0.717) is 6.54 Å². The summed E-state index contributed by atoms with van der Waals surface area (Å²) in [7, 11) is 0. The summed E-state index contributed by atoms with van der Waals surface area (Å²) in [4.78, 5) is 0. The molecule has 3 heteroatoms. The predicted molar refractivity (Wildman–Crippen MR) is 67.2 cm³/mol. The summed E-state index contributed by atoms with van der Waals surface area (Å²) in [6, 6.07) is 6.02. The minimum atomic E-state index is 0.0154. The molecule has 0 saturated heterocycles. The fourth-order valence-corrected chi connectivity index (χ4v) is 1.73. The Morgan fingerprint density at radius 1 is 1.60 bits per heavy atom. The van der Waals surface area contributed by atoms with E-state index in [1.807, 2.05) is 25.1 Å². The third-order valence-corrected chi connectivity index (χ3v) is 2.69. The first-order valence-electron chi connectivity index (χ1n) is 4.95. The van der Waals surface area contributed by atoms with Gasteiger partial charge in [0.05, 0.1) is 4.47 Å². The van der Waals surface area contributed by atoms with E-state index < -0.39 is 0 Å². The first-order valence-corrected chi connectivity index (χ1v) is 5.74. The number of hydrogen-bond acceptors (Lipinski definition) is 2. The van der Waals surface area contributed by atoms with Crippen molar-refractivity contribution >= 4 is 15.9 Å². The fourth-order valence-electron chi connectivity index (χ4n) is 1.21. The SMILES string of the molecule is C=CC(C)Oc1ccc(CCN)cc1Br. The van der Waals surface area contributed by atoms with Crippen LogP contribution in [0.4, 0.5) is 0 Å². The van der Waals surface area contributed by atoms with E-state index in [0.717, 1.165) is 16.6 Å². The van der Waals surface area contributed by atoms with Crippen LogP contribution in [0, 0.1) is 0 Å². The van der Waals surface area contributed by atoms with E-state index >= 15 is 0 Å².